The lowest BCUT2D eigenvalue weighted by atomic mass is 10.1. The molecule has 5 aromatic rings. The fourth-order valence-corrected chi connectivity index (χ4v) is 3.23. The van der Waals surface area contributed by atoms with Crippen LogP contribution in [0.15, 0.2) is 71.7 Å². The van der Waals surface area contributed by atoms with E-state index in [9.17, 15) is 4.79 Å². The zero-order chi connectivity index (χ0) is 16.1. The zero-order valence-corrected chi connectivity index (χ0v) is 12.6. The van der Waals surface area contributed by atoms with Crippen molar-refractivity contribution in [2.24, 2.45) is 0 Å². The van der Waals surface area contributed by atoms with Gasteiger partial charge in [0.25, 0.3) is 5.56 Å². The van der Waals surface area contributed by atoms with Crippen molar-refractivity contribution in [1.29, 1.82) is 0 Å². The molecule has 0 aliphatic heterocycles. The van der Waals surface area contributed by atoms with Crippen molar-refractivity contribution in [1.82, 2.24) is 19.7 Å². The van der Waals surface area contributed by atoms with E-state index in [1.54, 1.807) is 10.8 Å². The molecule has 3 heterocycles. The van der Waals surface area contributed by atoms with Gasteiger partial charge in [0.05, 0.1) is 11.1 Å². The Balaban J connectivity index is 2.19. The number of nitrogens with one attached hydrogen (secondary N) is 1. The highest BCUT2D eigenvalue weighted by atomic mass is 16.1. The van der Waals surface area contributed by atoms with Crippen molar-refractivity contribution in [2.45, 2.75) is 0 Å². The van der Waals surface area contributed by atoms with Crippen molar-refractivity contribution >= 4 is 32.8 Å². The summed E-state index contributed by atoms with van der Waals surface area (Å²) in [6, 6.07) is 19.0. The maximum absolute atomic E-state index is 13.3. The molecule has 0 unspecified atom stereocenters. The van der Waals surface area contributed by atoms with E-state index in [0.29, 0.717) is 11.0 Å². The summed E-state index contributed by atoms with van der Waals surface area (Å²) in [5, 5.41) is 10.9. The molecule has 0 fully saturated rings. The van der Waals surface area contributed by atoms with Gasteiger partial charge < -0.3 is 4.98 Å². The van der Waals surface area contributed by atoms with Crippen LogP contribution in [0.3, 0.4) is 0 Å². The Kier molecular flexibility index (Phi) is 2.58. The molecule has 5 rings (SSSR count). The minimum atomic E-state index is -0.0847. The van der Waals surface area contributed by atoms with Crippen LogP contribution >= 0.6 is 0 Å². The number of rotatable bonds is 1. The minimum absolute atomic E-state index is 0.0847. The molecule has 0 amide bonds. The molecule has 24 heavy (non-hydrogen) atoms. The number of aromatic nitrogens is 4. The van der Waals surface area contributed by atoms with E-state index in [1.165, 1.54) is 0 Å². The first kappa shape index (κ1) is 13.0. The molecule has 0 spiro atoms. The number of pyridine rings is 1. The van der Waals surface area contributed by atoms with Crippen molar-refractivity contribution in [3.8, 4) is 5.69 Å². The van der Waals surface area contributed by atoms with Gasteiger partial charge in [0.2, 0.25) is 0 Å². The average Bonchev–Trinajstić information content (AvgIpc) is 3.03. The molecule has 0 radical (unpaired) electrons. The Bertz CT molecular complexity index is 1270. The van der Waals surface area contributed by atoms with Crippen molar-refractivity contribution in [3.63, 3.8) is 0 Å². The predicted octanol–water partition coefficient (Wildman–Crippen LogP) is 3.42. The van der Waals surface area contributed by atoms with Crippen molar-refractivity contribution in [3.05, 3.63) is 77.2 Å². The Hall–Kier alpha value is -3.47. The molecule has 0 saturated carbocycles. The molecule has 0 bridgehead atoms. The van der Waals surface area contributed by atoms with E-state index in [0.717, 1.165) is 27.5 Å². The molecule has 0 aliphatic rings. The second-order valence-electron chi connectivity index (χ2n) is 5.66. The monoisotopic (exact) mass is 312 g/mol. The summed E-state index contributed by atoms with van der Waals surface area (Å²) < 4.78 is 1.70. The average molecular weight is 312 g/mol. The van der Waals surface area contributed by atoms with E-state index in [2.05, 4.69) is 15.2 Å². The van der Waals surface area contributed by atoms with Gasteiger partial charge >= 0.3 is 0 Å². The highest BCUT2D eigenvalue weighted by molar-refractivity contribution is 6.14. The first-order valence-electron chi connectivity index (χ1n) is 7.67. The SMILES string of the molecule is O=c1c2ccccc2c2nnc3cc[nH]c(c32)n1-c1ccccc1. The number of aromatic amines is 1. The summed E-state index contributed by atoms with van der Waals surface area (Å²) in [5.74, 6) is 0. The van der Waals surface area contributed by atoms with E-state index in [4.69, 9.17) is 0 Å². The molecule has 114 valence electrons. The second kappa shape index (κ2) is 4.76. The number of fused-ring (bicyclic) bond motifs is 2. The third-order valence-corrected chi connectivity index (χ3v) is 4.30. The first-order valence-corrected chi connectivity index (χ1v) is 7.67. The maximum Gasteiger partial charge on any atom is 0.264 e. The lowest BCUT2D eigenvalue weighted by Crippen LogP contribution is -2.17. The Labute approximate surface area is 136 Å². The van der Waals surface area contributed by atoms with Crippen molar-refractivity contribution in [2.75, 3.05) is 0 Å². The number of nitrogens with zero attached hydrogens (tertiary/aromatic N) is 3. The van der Waals surface area contributed by atoms with E-state index >= 15 is 0 Å². The molecule has 5 heteroatoms. The summed E-state index contributed by atoms with van der Waals surface area (Å²) in [6.07, 6.45) is 1.79. The fourth-order valence-electron chi connectivity index (χ4n) is 3.23. The van der Waals surface area contributed by atoms with Gasteiger partial charge in [-0.15, -0.1) is 10.2 Å². The molecule has 5 nitrogen and oxygen atoms in total. The van der Waals surface area contributed by atoms with Gasteiger partial charge in [0.15, 0.2) is 0 Å². The van der Waals surface area contributed by atoms with E-state index < -0.39 is 0 Å². The van der Waals surface area contributed by atoms with Crippen LogP contribution in [0, 0.1) is 0 Å². The molecule has 0 atom stereocenters. The standard InChI is InChI=1S/C19H12N4O/c24-19-14-9-5-4-8-13(14)17-16-15(21-22-17)10-11-20-18(16)23(19)12-6-2-1-3-7-12/h1-11,20H. The number of H-pyrrole nitrogens is 1. The molecular formula is C19H12N4O. The Morgan fingerprint density at radius 1 is 0.833 bits per heavy atom. The summed E-state index contributed by atoms with van der Waals surface area (Å²) in [7, 11) is 0. The van der Waals surface area contributed by atoms with Gasteiger partial charge in [-0.3, -0.25) is 9.36 Å². The smallest absolute Gasteiger partial charge is 0.264 e. The largest absolute Gasteiger partial charge is 0.347 e. The molecule has 1 N–H and O–H groups in total. The highest BCUT2D eigenvalue weighted by Gasteiger charge is 2.15. The zero-order valence-electron chi connectivity index (χ0n) is 12.6. The maximum atomic E-state index is 13.3. The number of benzene rings is 2. The number of hydrogen-bond donors (Lipinski definition) is 1. The number of hydrogen-bond acceptors (Lipinski definition) is 3. The predicted molar refractivity (Wildman–Crippen MR) is 94.5 cm³/mol. The van der Waals surface area contributed by atoms with Gasteiger partial charge in [0.1, 0.15) is 16.7 Å². The van der Waals surface area contributed by atoms with E-state index in [1.807, 2.05) is 60.7 Å². The van der Waals surface area contributed by atoms with Crippen LogP contribution in [-0.2, 0) is 0 Å². The number of para-hydroxylation sites is 1. The first-order chi connectivity index (χ1) is 11.8. The molecular weight excluding hydrogens is 300 g/mol. The van der Waals surface area contributed by atoms with Crippen LogP contribution in [0.2, 0.25) is 0 Å². The normalized spacial score (nSPS) is 11.5. The summed E-state index contributed by atoms with van der Waals surface area (Å²) >= 11 is 0. The van der Waals surface area contributed by atoms with Crippen LogP contribution in [0.5, 0.6) is 0 Å². The quantitative estimate of drug-likeness (QED) is 0.516. The highest BCUT2D eigenvalue weighted by Crippen LogP contribution is 2.27. The third-order valence-electron chi connectivity index (χ3n) is 4.30. The molecule has 0 saturated heterocycles. The fraction of sp³-hybridized carbons (Fsp3) is 0. The van der Waals surface area contributed by atoms with Crippen LogP contribution in [0.1, 0.15) is 0 Å². The van der Waals surface area contributed by atoms with Gasteiger partial charge in [-0.25, -0.2) is 0 Å². The Morgan fingerprint density at radius 2 is 1.58 bits per heavy atom. The topological polar surface area (TPSA) is 63.6 Å². The second-order valence-corrected chi connectivity index (χ2v) is 5.66. The Morgan fingerprint density at radius 3 is 2.42 bits per heavy atom. The minimum Gasteiger partial charge on any atom is -0.347 e. The van der Waals surface area contributed by atoms with Crippen LogP contribution in [-0.4, -0.2) is 19.7 Å². The summed E-state index contributed by atoms with van der Waals surface area (Å²) in [5.41, 5.74) is 2.91. The van der Waals surface area contributed by atoms with Gasteiger partial charge in [-0.1, -0.05) is 36.4 Å². The van der Waals surface area contributed by atoms with Gasteiger partial charge in [0, 0.05) is 17.0 Å². The summed E-state index contributed by atoms with van der Waals surface area (Å²) in [4.78, 5) is 16.5. The lowest BCUT2D eigenvalue weighted by Gasteiger charge is -2.06. The molecule has 3 aromatic heterocycles. The molecule has 2 aromatic carbocycles. The van der Waals surface area contributed by atoms with E-state index in [-0.39, 0.29) is 5.56 Å². The van der Waals surface area contributed by atoms with Crippen LogP contribution < -0.4 is 5.56 Å². The van der Waals surface area contributed by atoms with Crippen LogP contribution in [0.25, 0.3) is 38.5 Å². The van der Waals surface area contributed by atoms with Gasteiger partial charge in [-0.2, -0.15) is 0 Å². The van der Waals surface area contributed by atoms with Crippen molar-refractivity contribution < 1.29 is 0 Å². The third kappa shape index (κ3) is 1.66. The van der Waals surface area contributed by atoms with Crippen LogP contribution in [0.4, 0.5) is 0 Å². The molecule has 0 aliphatic carbocycles. The lowest BCUT2D eigenvalue weighted by molar-refractivity contribution is 1.04. The van der Waals surface area contributed by atoms with Gasteiger partial charge in [-0.05, 0) is 24.3 Å². The summed E-state index contributed by atoms with van der Waals surface area (Å²) in [6.45, 7) is 0.